The Balaban J connectivity index is 3.16. The number of nitrogens with zero attached hydrogens (tertiary/aromatic N) is 1. The molecule has 0 unspecified atom stereocenters. The fourth-order valence-electron chi connectivity index (χ4n) is 2.00. The molecule has 0 aliphatic rings. The monoisotopic (exact) mass is 326 g/mol. The summed E-state index contributed by atoms with van der Waals surface area (Å²) in [5.74, 6) is 0.491. The number of anilines is 1. The highest BCUT2D eigenvalue weighted by Gasteiger charge is 2.22. The molecule has 0 bridgehead atoms. The Labute approximate surface area is 124 Å². The van der Waals surface area contributed by atoms with Gasteiger partial charge >= 0.3 is 0 Å². The van der Waals surface area contributed by atoms with Gasteiger partial charge in [-0.1, -0.05) is 29.8 Å². The molecule has 0 atom stereocenters. The van der Waals surface area contributed by atoms with Gasteiger partial charge in [0.2, 0.25) is 0 Å². The molecular weight excluding hydrogens is 304 g/mol. The number of carbonyl (C=O) groups is 1. The summed E-state index contributed by atoms with van der Waals surface area (Å²) in [7, 11) is 0. The van der Waals surface area contributed by atoms with Gasteiger partial charge in [-0.25, -0.2) is 0 Å². The van der Waals surface area contributed by atoms with Crippen LogP contribution in [0.4, 0.5) is 5.69 Å². The van der Waals surface area contributed by atoms with E-state index in [1.807, 2.05) is 37.8 Å². The maximum Gasteiger partial charge on any atom is 0.254 e. The van der Waals surface area contributed by atoms with Crippen molar-refractivity contribution >= 4 is 27.5 Å². The van der Waals surface area contributed by atoms with Crippen molar-refractivity contribution in [2.24, 2.45) is 5.92 Å². The van der Waals surface area contributed by atoms with Gasteiger partial charge < -0.3 is 10.6 Å². The zero-order valence-corrected chi connectivity index (χ0v) is 13.9. The summed E-state index contributed by atoms with van der Waals surface area (Å²) in [4.78, 5) is 14.6. The number of benzene rings is 1. The first-order valence-electron chi connectivity index (χ1n) is 6.60. The zero-order valence-electron chi connectivity index (χ0n) is 12.3. The molecule has 0 aliphatic carbocycles. The zero-order chi connectivity index (χ0) is 14.7. The van der Waals surface area contributed by atoms with Crippen molar-refractivity contribution in [2.75, 3.05) is 12.3 Å². The first-order chi connectivity index (χ1) is 8.73. The molecule has 0 fully saturated rings. The van der Waals surface area contributed by atoms with E-state index in [0.29, 0.717) is 17.2 Å². The summed E-state index contributed by atoms with van der Waals surface area (Å²) in [6.07, 6.45) is 0. The van der Waals surface area contributed by atoms with E-state index in [2.05, 4.69) is 29.8 Å². The predicted octanol–water partition coefficient (Wildman–Crippen LogP) is 3.85. The van der Waals surface area contributed by atoms with Gasteiger partial charge in [-0.15, -0.1) is 0 Å². The molecule has 2 N–H and O–H groups in total. The minimum absolute atomic E-state index is 0.0502. The molecule has 0 saturated carbocycles. The summed E-state index contributed by atoms with van der Waals surface area (Å²) in [5.41, 5.74) is 8.11. The predicted molar refractivity (Wildman–Crippen MR) is 84.3 cm³/mol. The normalized spacial score (nSPS) is 11.2. The van der Waals surface area contributed by atoms with Gasteiger partial charge in [-0.3, -0.25) is 4.79 Å². The van der Waals surface area contributed by atoms with Crippen LogP contribution in [0.15, 0.2) is 16.6 Å². The van der Waals surface area contributed by atoms with E-state index in [1.54, 1.807) is 0 Å². The number of hydrogen-bond donors (Lipinski definition) is 1. The Kier molecular flexibility index (Phi) is 5.41. The van der Waals surface area contributed by atoms with Crippen LogP contribution in [-0.4, -0.2) is 23.4 Å². The quantitative estimate of drug-likeness (QED) is 0.854. The largest absolute Gasteiger partial charge is 0.398 e. The van der Waals surface area contributed by atoms with Gasteiger partial charge in [0.05, 0.1) is 0 Å². The lowest BCUT2D eigenvalue weighted by Crippen LogP contribution is -2.39. The molecule has 1 amide bonds. The van der Waals surface area contributed by atoms with Crippen molar-refractivity contribution in [1.29, 1.82) is 0 Å². The van der Waals surface area contributed by atoms with Gasteiger partial charge in [0.25, 0.3) is 5.91 Å². The van der Waals surface area contributed by atoms with Gasteiger partial charge in [-0.2, -0.15) is 0 Å². The molecule has 106 valence electrons. The van der Waals surface area contributed by atoms with Gasteiger partial charge in [0.15, 0.2) is 0 Å². The Hall–Kier alpha value is -1.03. The molecule has 1 rings (SSSR count). The fraction of sp³-hybridized carbons (Fsp3) is 0.533. The number of halogens is 1. The number of rotatable bonds is 4. The minimum atomic E-state index is 0.0502. The SMILES string of the molecule is Cc1c(N)cc(Br)cc1C(=O)N(CC(C)C)C(C)C. The number of hydrogen-bond acceptors (Lipinski definition) is 2. The molecule has 19 heavy (non-hydrogen) atoms. The van der Waals surface area contributed by atoms with E-state index in [1.165, 1.54) is 0 Å². The van der Waals surface area contributed by atoms with E-state index < -0.39 is 0 Å². The number of amides is 1. The molecule has 0 spiro atoms. The maximum absolute atomic E-state index is 12.7. The fourth-order valence-corrected chi connectivity index (χ4v) is 2.47. The van der Waals surface area contributed by atoms with E-state index in [4.69, 9.17) is 5.73 Å². The number of nitrogens with two attached hydrogens (primary N) is 1. The third-order valence-corrected chi connectivity index (χ3v) is 3.55. The van der Waals surface area contributed by atoms with Crippen LogP contribution >= 0.6 is 15.9 Å². The highest BCUT2D eigenvalue weighted by Crippen LogP contribution is 2.24. The minimum Gasteiger partial charge on any atom is -0.398 e. The summed E-state index contributed by atoms with van der Waals surface area (Å²) < 4.78 is 0.840. The summed E-state index contributed by atoms with van der Waals surface area (Å²) in [6.45, 7) is 11.0. The van der Waals surface area contributed by atoms with Gasteiger partial charge in [0, 0.05) is 28.3 Å². The Bertz CT molecular complexity index is 469. The van der Waals surface area contributed by atoms with E-state index in [9.17, 15) is 4.79 Å². The summed E-state index contributed by atoms with van der Waals surface area (Å²) >= 11 is 3.40. The Morgan fingerprint density at radius 3 is 2.37 bits per heavy atom. The first kappa shape index (κ1) is 16.0. The highest BCUT2D eigenvalue weighted by molar-refractivity contribution is 9.10. The van der Waals surface area contributed by atoms with Crippen molar-refractivity contribution in [3.63, 3.8) is 0 Å². The van der Waals surface area contributed by atoms with E-state index in [-0.39, 0.29) is 11.9 Å². The van der Waals surface area contributed by atoms with Crippen LogP contribution in [0.5, 0.6) is 0 Å². The van der Waals surface area contributed by atoms with Crippen LogP contribution in [0, 0.1) is 12.8 Å². The summed E-state index contributed by atoms with van der Waals surface area (Å²) in [6, 6.07) is 3.85. The topological polar surface area (TPSA) is 46.3 Å². The van der Waals surface area contributed by atoms with Crippen LogP contribution in [0.1, 0.15) is 43.6 Å². The smallest absolute Gasteiger partial charge is 0.254 e. The van der Waals surface area contributed by atoms with Crippen molar-refractivity contribution in [1.82, 2.24) is 4.90 Å². The van der Waals surface area contributed by atoms with Crippen LogP contribution in [-0.2, 0) is 0 Å². The van der Waals surface area contributed by atoms with E-state index >= 15 is 0 Å². The molecule has 0 radical (unpaired) electrons. The number of nitrogen functional groups attached to an aromatic ring is 1. The van der Waals surface area contributed by atoms with Crippen molar-refractivity contribution in [2.45, 2.75) is 40.7 Å². The second-order valence-corrected chi connectivity index (χ2v) is 6.53. The van der Waals surface area contributed by atoms with Crippen LogP contribution in [0.3, 0.4) is 0 Å². The molecule has 3 nitrogen and oxygen atoms in total. The average Bonchev–Trinajstić information content (AvgIpc) is 2.29. The van der Waals surface area contributed by atoms with Gasteiger partial charge in [-0.05, 0) is 44.4 Å². The first-order valence-corrected chi connectivity index (χ1v) is 7.40. The molecule has 0 aliphatic heterocycles. The van der Waals surface area contributed by atoms with E-state index in [0.717, 1.165) is 16.6 Å². The lowest BCUT2D eigenvalue weighted by atomic mass is 10.0. The van der Waals surface area contributed by atoms with Crippen molar-refractivity contribution < 1.29 is 4.79 Å². The van der Waals surface area contributed by atoms with Crippen molar-refractivity contribution in [3.8, 4) is 0 Å². The number of carbonyl (C=O) groups excluding carboxylic acids is 1. The maximum atomic E-state index is 12.7. The standard InChI is InChI=1S/C15H23BrN2O/c1-9(2)8-18(10(3)4)15(19)13-6-12(16)7-14(17)11(13)5/h6-7,9-10H,8,17H2,1-5H3. The molecule has 0 aromatic heterocycles. The molecule has 1 aromatic carbocycles. The van der Waals surface area contributed by atoms with Crippen LogP contribution < -0.4 is 5.73 Å². The second-order valence-electron chi connectivity index (χ2n) is 5.61. The van der Waals surface area contributed by atoms with Crippen LogP contribution in [0.25, 0.3) is 0 Å². The average molecular weight is 327 g/mol. The molecule has 1 aromatic rings. The lowest BCUT2D eigenvalue weighted by Gasteiger charge is -2.29. The van der Waals surface area contributed by atoms with Gasteiger partial charge in [0.1, 0.15) is 0 Å². The molecular formula is C15H23BrN2O. The van der Waals surface area contributed by atoms with Crippen molar-refractivity contribution in [3.05, 3.63) is 27.7 Å². The third kappa shape index (κ3) is 3.96. The van der Waals surface area contributed by atoms with Crippen LogP contribution in [0.2, 0.25) is 0 Å². The third-order valence-electron chi connectivity index (χ3n) is 3.09. The molecule has 0 saturated heterocycles. The highest BCUT2D eigenvalue weighted by atomic mass is 79.9. The molecule has 4 heteroatoms. The Morgan fingerprint density at radius 2 is 1.89 bits per heavy atom. The Morgan fingerprint density at radius 1 is 1.32 bits per heavy atom. The molecule has 0 heterocycles. The summed E-state index contributed by atoms with van der Waals surface area (Å²) in [5, 5.41) is 0. The second kappa shape index (κ2) is 6.42. The lowest BCUT2D eigenvalue weighted by molar-refractivity contribution is 0.0681.